The van der Waals surface area contributed by atoms with Crippen LogP contribution in [0.25, 0.3) is 0 Å². The van der Waals surface area contributed by atoms with E-state index in [1.807, 2.05) is 12.1 Å². The summed E-state index contributed by atoms with van der Waals surface area (Å²) in [7, 11) is -2.79. The Labute approximate surface area is 96.0 Å². The van der Waals surface area contributed by atoms with E-state index in [0.29, 0.717) is 18.4 Å². The first kappa shape index (κ1) is 10.0. The summed E-state index contributed by atoms with van der Waals surface area (Å²) in [6.45, 7) is 0. The minimum atomic E-state index is -3.32. The molecule has 2 aromatic carbocycles. The fraction of sp³-hybridized carbons (Fsp3) is 0. The normalized spacial score (nSPS) is 16.2. The molecular weight excluding hydrogens is 239 g/mol. The fourth-order valence-electron chi connectivity index (χ4n) is 1.78. The summed E-state index contributed by atoms with van der Waals surface area (Å²) in [6.07, 6.45) is 0. The molecule has 16 heavy (non-hydrogen) atoms. The summed E-state index contributed by atoms with van der Waals surface area (Å²) in [6, 6.07) is 14.4. The van der Waals surface area contributed by atoms with Gasteiger partial charge >= 0.3 is 0 Å². The highest BCUT2D eigenvalue weighted by atomic mass is 32.2. The van der Waals surface area contributed by atoms with E-state index in [9.17, 15) is 8.42 Å². The molecule has 0 aliphatic carbocycles. The topological polar surface area (TPSA) is 34.1 Å². The van der Waals surface area contributed by atoms with Crippen LogP contribution in [-0.2, 0) is 9.84 Å². The molecule has 1 aliphatic rings. The molecule has 0 radical (unpaired) electrons. The Hall–Kier alpha value is -1.18. The van der Waals surface area contributed by atoms with Gasteiger partial charge in [-0.1, -0.05) is 32.8 Å². The summed E-state index contributed by atoms with van der Waals surface area (Å²) in [5, 5.41) is 2.14. The molecule has 4 heteroatoms. The van der Waals surface area contributed by atoms with Crippen LogP contribution in [0.15, 0.2) is 58.3 Å². The van der Waals surface area contributed by atoms with Crippen molar-refractivity contribution in [3.05, 3.63) is 48.5 Å². The fourth-order valence-corrected chi connectivity index (χ4v) is 4.49. The Balaban J connectivity index is 2.39. The van der Waals surface area contributed by atoms with Gasteiger partial charge in [-0.25, -0.2) is 8.42 Å². The summed E-state index contributed by atoms with van der Waals surface area (Å²) < 4.78 is 24.4. The standard InChI is InChI=1S/C12H9O2PS/c13-16(14)11-5-1-3-9(7-11)15-10-4-2-6-12(16)8-10/h1-8,15H. The van der Waals surface area contributed by atoms with Crippen LogP contribution in [0.5, 0.6) is 0 Å². The van der Waals surface area contributed by atoms with Crippen molar-refractivity contribution in [1.82, 2.24) is 0 Å². The summed E-state index contributed by atoms with van der Waals surface area (Å²) >= 11 is 0. The first-order valence-corrected chi connectivity index (χ1v) is 7.37. The highest BCUT2D eigenvalue weighted by molar-refractivity contribution is 7.91. The molecule has 0 N–H and O–H groups in total. The lowest BCUT2D eigenvalue weighted by atomic mass is 10.3. The molecule has 0 aromatic heterocycles. The SMILES string of the molecule is O=S1(=O)c2cccc(c2)Pc2cccc1c2. The third-order valence-corrected chi connectivity index (χ3v) is 5.53. The summed E-state index contributed by atoms with van der Waals surface area (Å²) in [4.78, 5) is 0.795. The maximum absolute atomic E-state index is 12.2. The number of hydrogen-bond donors (Lipinski definition) is 0. The smallest absolute Gasteiger partial charge is 0.206 e. The maximum Gasteiger partial charge on any atom is 0.206 e. The van der Waals surface area contributed by atoms with Crippen LogP contribution in [0.3, 0.4) is 0 Å². The minimum Gasteiger partial charge on any atom is -0.219 e. The monoisotopic (exact) mass is 248 g/mol. The molecule has 0 atom stereocenters. The molecule has 0 fully saturated rings. The highest BCUT2D eigenvalue weighted by Gasteiger charge is 2.20. The van der Waals surface area contributed by atoms with Crippen LogP contribution in [-0.4, -0.2) is 8.42 Å². The van der Waals surface area contributed by atoms with Crippen LogP contribution in [0.4, 0.5) is 0 Å². The van der Waals surface area contributed by atoms with Gasteiger partial charge in [0.2, 0.25) is 9.84 Å². The molecule has 1 heterocycles. The molecule has 0 saturated carbocycles. The van der Waals surface area contributed by atoms with Crippen molar-refractivity contribution in [2.45, 2.75) is 9.79 Å². The van der Waals surface area contributed by atoms with Crippen LogP contribution in [0.1, 0.15) is 0 Å². The van der Waals surface area contributed by atoms with Gasteiger partial charge in [0, 0.05) is 0 Å². The zero-order chi connectivity index (χ0) is 11.2. The zero-order valence-corrected chi connectivity index (χ0v) is 10.2. The molecule has 4 bridgehead atoms. The first-order chi connectivity index (χ1) is 7.66. The van der Waals surface area contributed by atoms with Crippen molar-refractivity contribution < 1.29 is 8.42 Å². The molecule has 1 aliphatic heterocycles. The summed E-state index contributed by atoms with van der Waals surface area (Å²) in [5.41, 5.74) is 0. The first-order valence-electron chi connectivity index (χ1n) is 4.88. The van der Waals surface area contributed by atoms with Gasteiger partial charge in [-0.3, -0.25) is 0 Å². The van der Waals surface area contributed by atoms with Crippen LogP contribution in [0.2, 0.25) is 0 Å². The second-order valence-electron chi connectivity index (χ2n) is 3.68. The van der Waals surface area contributed by atoms with E-state index in [1.165, 1.54) is 0 Å². The Kier molecular flexibility index (Phi) is 2.13. The van der Waals surface area contributed by atoms with Crippen LogP contribution < -0.4 is 10.6 Å². The van der Waals surface area contributed by atoms with E-state index >= 15 is 0 Å². The van der Waals surface area contributed by atoms with Gasteiger partial charge in [0.05, 0.1) is 9.79 Å². The number of hydrogen-bond acceptors (Lipinski definition) is 2. The van der Waals surface area contributed by atoms with Gasteiger partial charge in [-0.05, 0) is 34.9 Å². The second kappa shape index (κ2) is 3.41. The van der Waals surface area contributed by atoms with Crippen LogP contribution in [0, 0.1) is 0 Å². The van der Waals surface area contributed by atoms with E-state index in [4.69, 9.17) is 0 Å². The van der Waals surface area contributed by atoms with Gasteiger partial charge < -0.3 is 0 Å². The predicted octanol–water partition coefficient (Wildman–Crippen LogP) is 1.46. The van der Waals surface area contributed by atoms with Crippen molar-refractivity contribution >= 4 is 29.0 Å². The van der Waals surface area contributed by atoms with Gasteiger partial charge in [-0.2, -0.15) is 0 Å². The average Bonchev–Trinajstić information content (AvgIpc) is 2.29. The molecule has 0 saturated heterocycles. The molecule has 0 unspecified atom stereocenters. The van der Waals surface area contributed by atoms with Crippen molar-refractivity contribution in [3.63, 3.8) is 0 Å². The van der Waals surface area contributed by atoms with E-state index < -0.39 is 9.84 Å². The molecule has 80 valence electrons. The Morgan fingerprint density at radius 1 is 0.812 bits per heavy atom. The van der Waals surface area contributed by atoms with E-state index in [2.05, 4.69) is 0 Å². The van der Waals surface area contributed by atoms with Crippen molar-refractivity contribution in [3.8, 4) is 0 Å². The van der Waals surface area contributed by atoms with E-state index in [0.717, 1.165) is 10.6 Å². The largest absolute Gasteiger partial charge is 0.219 e. The second-order valence-corrected chi connectivity index (χ2v) is 7.04. The lowest BCUT2D eigenvalue weighted by Crippen LogP contribution is -2.13. The van der Waals surface area contributed by atoms with Gasteiger partial charge in [-0.15, -0.1) is 0 Å². The molecular formula is C12H9O2PS. The molecule has 2 aromatic rings. The van der Waals surface area contributed by atoms with Gasteiger partial charge in [0.25, 0.3) is 0 Å². The third-order valence-electron chi connectivity index (χ3n) is 2.58. The number of rotatable bonds is 0. The Morgan fingerprint density at radius 3 is 1.81 bits per heavy atom. The molecule has 0 spiro atoms. The van der Waals surface area contributed by atoms with Crippen LogP contribution >= 0.6 is 8.58 Å². The maximum atomic E-state index is 12.2. The number of fused-ring (bicyclic) bond motifs is 4. The highest BCUT2D eigenvalue weighted by Crippen LogP contribution is 2.25. The van der Waals surface area contributed by atoms with Crippen molar-refractivity contribution in [2.75, 3.05) is 0 Å². The zero-order valence-electron chi connectivity index (χ0n) is 8.34. The molecule has 2 nitrogen and oxygen atoms in total. The van der Waals surface area contributed by atoms with Crippen molar-refractivity contribution in [1.29, 1.82) is 0 Å². The van der Waals surface area contributed by atoms with E-state index in [1.54, 1.807) is 36.4 Å². The quantitative estimate of drug-likeness (QED) is 0.564. The third kappa shape index (κ3) is 1.48. The average molecular weight is 248 g/mol. The minimum absolute atomic E-state index is 0.398. The molecule has 3 rings (SSSR count). The van der Waals surface area contributed by atoms with Gasteiger partial charge in [0.1, 0.15) is 0 Å². The molecule has 0 amide bonds. The lowest BCUT2D eigenvalue weighted by Gasteiger charge is -2.12. The Morgan fingerprint density at radius 2 is 1.31 bits per heavy atom. The lowest BCUT2D eigenvalue weighted by molar-refractivity contribution is 0.596. The number of sulfone groups is 1. The van der Waals surface area contributed by atoms with Crippen molar-refractivity contribution in [2.24, 2.45) is 0 Å². The Bertz CT molecular complexity index is 611. The summed E-state index contributed by atoms with van der Waals surface area (Å²) in [5.74, 6) is 0. The predicted molar refractivity (Wildman–Crippen MR) is 65.9 cm³/mol. The van der Waals surface area contributed by atoms with Gasteiger partial charge in [0.15, 0.2) is 0 Å². The van der Waals surface area contributed by atoms with E-state index in [-0.39, 0.29) is 0 Å². The number of benzene rings is 2.